The van der Waals surface area contributed by atoms with E-state index in [4.69, 9.17) is 0 Å². The van der Waals surface area contributed by atoms with Crippen LogP contribution in [0.25, 0.3) is 10.2 Å². The summed E-state index contributed by atoms with van der Waals surface area (Å²) in [5.74, 6) is 1.19. The van der Waals surface area contributed by atoms with Gasteiger partial charge in [0.1, 0.15) is 10.7 Å². The zero-order valence-corrected chi connectivity index (χ0v) is 17.9. The molecule has 148 valence electrons. The van der Waals surface area contributed by atoms with Crippen molar-refractivity contribution in [2.75, 3.05) is 26.2 Å². The highest BCUT2D eigenvalue weighted by molar-refractivity contribution is 7.99. The summed E-state index contributed by atoms with van der Waals surface area (Å²) in [5, 5.41) is 3.53. The fourth-order valence-electron chi connectivity index (χ4n) is 3.31. The number of nitrogens with one attached hydrogen (secondary N) is 2. The summed E-state index contributed by atoms with van der Waals surface area (Å²) in [6.07, 6.45) is 3.85. The molecule has 1 fully saturated rings. The average molecular weight is 409 g/mol. The molecule has 0 aromatic carbocycles. The van der Waals surface area contributed by atoms with Crippen molar-refractivity contribution in [2.24, 2.45) is 0 Å². The van der Waals surface area contributed by atoms with E-state index in [0.29, 0.717) is 23.5 Å². The maximum atomic E-state index is 12.3. The van der Waals surface area contributed by atoms with Crippen molar-refractivity contribution in [3.05, 3.63) is 26.6 Å². The standard InChI is InChI=1S/C19H28N4O2S2/c1-12-13(2)27-19-16(12)18(25)21-15(22-19)11-26-14(3)17(24)20-7-10-23-8-5-4-6-9-23/h14H,4-11H2,1-3H3,(H,20,24)(H,21,22,25). The Bertz CT molecular complexity index is 855. The van der Waals surface area contributed by atoms with E-state index in [1.165, 1.54) is 31.0 Å². The molecule has 1 unspecified atom stereocenters. The predicted octanol–water partition coefficient (Wildman–Crippen LogP) is 2.83. The maximum absolute atomic E-state index is 12.3. The number of amides is 1. The van der Waals surface area contributed by atoms with Crippen molar-refractivity contribution in [2.45, 2.75) is 51.0 Å². The van der Waals surface area contributed by atoms with Crippen molar-refractivity contribution in [1.29, 1.82) is 0 Å². The fourth-order valence-corrected chi connectivity index (χ4v) is 5.14. The molecule has 2 N–H and O–H groups in total. The molecule has 2 aromatic rings. The number of aryl methyl sites for hydroxylation is 2. The van der Waals surface area contributed by atoms with Crippen LogP contribution in [0.5, 0.6) is 0 Å². The van der Waals surface area contributed by atoms with Crippen molar-refractivity contribution in [1.82, 2.24) is 20.2 Å². The van der Waals surface area contributed by atoms with Gasteiger partial charge in [-0.05, 0) is 52.3 Å². The zero-order valence-electron chi connectivity index (χ0n) is 16.3. The number of thioether (sulfide) groups is 1. The molecule has 27 heavy (non-hydrogen) atoms. The Labute approximate surface area is 168 Å². The Kier molecular flexibility index (Phi) is 6.94. The second-order valence-corrected chi connectivity index (χ2v) is 9.65. The largest absolute Gasteiger partial charge is 0.354 e. The van der Waals surface area contributed by atoms with E-state index < -0.39 is 0 Å². The SMILES string of the molecule is Cc1sc2nc(CSC(C)C(=O)NCCN3CCCCC3)[nH]c(=O)c2c1C. The van der Waals surface area contributed by atoms with Gasteiger partial charge in [-0.1, -0.05) is 6.42 Å². The van der Waals surface area contributed by atoms with Gasteiger partial charge in [-0.25, -0.2) is 4.98 Å². The molecule has 0 bridgehead atoms. The van der Waals surface area contributed by atoms with E-state index in [1.807, 2.05) is 20.8 Å². The molecular formula is C19H28N4O2S2. The summed E-state index contributed by atoms with van der Waals surface area (Å²) in [6, 6.07) is 0. The number of aromatic nitrogens is 2. The molecule has 1 amide bonds. The van der Waals surface area contributed by atoms with Crippen LogP contribution in [0.4, 0.5) is 0 Å². The lowest BCUT2D eigenvalue weighted by atomic mass is 10.1. The van der Waals surface area contributed by atoms with Crippen LogP contribution in [0.2, 0.25) is 0 Å². The van der Waals surface area contributed by atoms with Gasteiger partial charge in [-0.15, -0.1) is 23.1 Å². The normalized spacial score (nSPS) is 16.6. The summed E-state index contributed by atoms with van der Waals surface area (Å²) >= 11 is 3.05. The molecule has 3 rings (SSSR count). The lowest BCUT2D eigenvalue weighted by Crippen LogP contribution is -2.39. The summed E-state index contributed by atoms with van der Waals surface area (Å²) in [4.78, 5) is 36.4. The van der Waals surface area contributed by atoms with E-state index in [0.717, 1.165) is 34.9 Å². The molecule has 1 aliphatic rings. The molecule has 0 radical (unpaired) electrons. The average Bonchev–Trinajstić information content (AvgIpc) is 2.94. The maximum Gasteiger partial charge on any atom is 0.259 e. The van der Waals surface area contributed by atoms with Crippen LogP contribution >= 0.6 is 23.1 Å². The summed E-state index contributed by atoms with van der Waals surface area (Å²) in [6.45, 7) is 9.76. The van der Waals surface area contributed by atoms with Crippen molar-refractivity contribution >= 4 is 39.2 Å². The number of carbonyl (C=O) groups excluding carboxylic acids is 1. The molecule has 0 saturated carbocycles. The molecule has 1 saturated heterocycles. The predicted molar refractivity (Wildman–Crippen MR) is 114 cm³/mol. The summed E-state index contributed by atoms with van der Waals surface area (Å²) in [7, 11) is 0. The monoisotopic (exact) mass is 408 g/mol. The quantitative estimate of drug-likeness (QED) is 0.737. The van der Waals surface area contributed by atoms with Crippen LogP contribution in [0.15, 0.2) is 4.79 Å². The fraction of sp³-hybridized carbons (Fsp3) is 0.632. The number of hydrogen-bond acceptors (Lipinski definition) is 6. The molecule has 1 atom stereocenters. The van der Waals surface area contributed by atoms with Crippen LogP contribution in [-0.2, 0) is 10.5 Å². The molecular weight excluding hydrogens is 380 g/mol. The van der Waals surface area contributed by atoms with E-state index in [1.54, 1.807) is 11.3 Å². The molecule has 6 nitrogen and oxygen atoms in total. The highest BCUT2D eigenvalue weighted by atomic mass is 32.2. The van der Waals surface area contributed by atoms with Crippen molar-refractivity contribution in [3.63, 3.8) is 0 Å². The van der Waals surface area contributed by atoms with Gasteiger partial charge in [0.15, 0.2) is 0 Å². The topological polar surface area (TPSA) is 78.1 Å². The molecule has 8 heteroatoms. The first kappa shape index (κ1) is 20.4. The minimum atomic E-state index is -0.181. The van der Waals surface area contributed by atoms with Crippen LogP contribution < -0.4 is 10.9 Å². The van der Waals surface area contributed by atoms with Gasteiger partial charge in [0.25, 0.3) is 5.56 Å². The Hall–Kier alpha value is -1.38. The minimum absolute atomic E-state index is 0.0447. The van der Waals surface area contributed by atoms with Crippen LogP contribution in [0.1, 0.15) is 42.5 Å². The molecule has 3 heterocycles. The Balaban J connectivity index is 1.49. The number of aromatic amines is 1. The Morgan fingerprint density at radius 2 is 2.07 bits per heavy atom. The summed E-state index contributed by atoms with van der Waals surface area (Å²) in [5.41, 5.74) is 0.917. The number of H-pyrrole nitrogens is 1. The first-order chi connectivity index (χ1) is 13.0. The number of likely N-dealkylation sites (tertiary alicyclic amines) is 1. The third kappa shape index (κ3) is 5.12. The van der Waals surface area contributed by atoms with Gasteiger partial charge in [-0.3, -0.25) is 9.59 Å². The third-order valence-corrected chi connectivity index (χ3v) is 7.36. The molecule has 0 spiro atoms. The first-order valence-electron chi connectivity index (χ1n) is 9.56. The van der Waals surface area contributed by atoms with Crippen LogP contribution in [0.3, 0.4) is 0 Å². The Morgan fingerprint density at radius 1 is 1.33 bits per heavy atom. The van der Waals surface area contributed by atoms with Crippen LogP contribution in [0, 0.1) is 13.8 Å². The highest BCUT2D eigenvalue weighted by Gasteiger charge is 2.16. The minimum Gasteiger partial charge on any atom is -0.354 e. The lowest BCUT2D eigenvalue weighted by molar-refractivity contribution is -0.120. The molecule has 1 aliphatic heterocycles. The van der Waals surface area contributed by atoms with Gasteiger partial charge in [0.05, 0.1) is 16.4 Å². The van der Waals surface area contributed by atoms with Gasteiger partial charge in [0, 0.05) is 18.0 Å². The van der Waals surface area contributed by atoms with Gasteiger partial charge in [-0.2, -0.15) is 0 Å². The van der Waals surface area contributed by atoms with Gasteiger partial charge >= 0.3 is 0 Å². The van der Waals surface area contributed by atoms with E-state index >= 15 is 0 Å². The van der Waals surface area contributed by atoms with Gasteiger partial charge in [0.2, 0.25) is 5.91 Å². The highest BCUT2D eigenvalue weighted by Crippen LogP contribution is 2.26. The number of piperidine rings is 1. The smallest absolute Gasteiger partial charge is 0.259 e. The second kappa shape index (κ2) is 9.21. The number of rotatable bonds is 7. The number of carbonyl (C=O) groups is 1. The third-order valence-electron chi connectivity index (χ3n) is 5.10. The number of nitrogens with zero attached hydrogens (tertiary/aromatic N) is 2. The zero-order chi connectivity index (χ0) is 19.4. The first-order valence-corrected chi connectivity index (χ1v) is 11.4. The molecule has 2 aromatic heterocycles. The van der Waals surface area contributed by atoms with Crippen molar-refractivity contribution < 1.29 is 4.79 Å². The van der Waals surface area contributed by atoms with E-state index in [-0.39, 0.29) is 16.7 Å². The number of hydrogen-bond donors (Lipinski definition) is 2. The van der Waals surface area contributed by atoms with Crippen molar-refractivity contribution in [3.8, 4) is 0 Å². The number of fused-ring (bicyclic) bond motifs is 1. The van der Waals surface area contributed by atoms with E-state index in [9.17, 15) is 9.59 Å². The summed E-state index contributed by atoms with van der Waals surface area (Å²) < 4.78 is 0. The lowest BCUT2D eigenvalue weighted by Gasteiger charge is -2.26. The van der Waals surface area contributed by atoms with Gasteiger partial charge < -0.3 is 15.2 Å². The molecule has 0 aliphatic carbocycles. The Morgan fingerprint density at radius 3 is 2.81 bits per heavy atom. The number of thiophene rings is 1. The second-order valence-electron chi connectivity index (χ2n) is 7.12. The van der Waals surface area contributed by atoms with Crippen LogP contribution in [-0.4, -0.2) is 52.2 Å². The van der Waals surface area contributed by atoms with E-state index in [2.05, 4.69) is 20.2 Å².